The molecular weight excluding hydrogens is 316 g/mol. The standard InChI is InChI=1S/C16H21F2N5O/c1-12-3-4-14(24-15(17)18)13(9-12)10-22-16(19-2)21-6-8-23-7-5-20-11-23/h3-5,7,9,11,15H,6,8,10H2,1-2H3,(H2,19,21,22). The average molecular weight is 337 g/mol. The maximum atomic E-state index is 12.5. The molecule has 0 fully saturated rings. The number of nitrogens with one attached hydrogen (secondary N) is 2. The molecule has 8 heteroatoms. The molecule has 2 N–H and O–H groups in total. The Bertz CT molecular complexity index is 658. The van der Waals surface area contributed by atoms with Crippen LogP contribution in [0.25, 0.3) is 0 Å². The van der Waals surface area contributed by atoms with Gasteiger partial charge in [-0.2, -0.15) is 8.78 Å². The molecular formula is C16H21F2N5O. The molecule has 0 aliphatic heterocycles. The lowest BCUT2D eigenvalue weighted by Crippen LogP contribution is -2.38. The highest BCUT2D eigenvalue weighted by atomic mass is 19.3. The van der Waals surface area contributed by atoms with E-state index in [1.165, 1.54) is 0 Å². The van der Waals surface area contributed by atoms with Crippen molar-refractivity contribution in [3.05, 3.63) is 48.0 Å². The minimum Gasteiger partial charge on any atom is -0.434 e. The van der Waals surface area contributed by atoms with Crippen molar-refractivity contribution in [1.82, 2.24) is 20.2 Å². The second kappa shape index (κ2) is 8.85. The lowest BCUT2D eigenvalue weighted by atomic mass is 10.1. The number of hydrogen-bond donors (Lipinski definition) is 2. The summed E-state index contributed by atoms with van der Waals surface area (Å²) in [5, 5.41) is 6.25. The largest absolute Gasteiger partial charge is 0.434 e. The number of guanidine groups is 1. The number of halogens is 2. The number of imidazole rings is 1. The van der Waals surface area contributed by atoms with Crippen LogP contribution in [0.1, 0.15) is 11.1 Å². The molecule has 6 nitrogen and oxygen atoms in total. The van der Waals surface area contributed by atoms with Gasteiger partial charge in [-0.05, 0) is 13.0 Å². The van der Waals surface area contributed by atoms with Gasteiger partial charge in [0.15, 0.2) is 5.96 Å². The van der Waals surface area contributed by atoms with Gasteiger partial charge in [-0.25, -0.2) is 4.98 Å². The van der Waals surface area contributed by atoms with Gasteiger partial charge in [0.2, 0.25) is 0 Å². The topological polar surface area (TPSA) is 63.5 Å². The van der Waals surface area contributed by atoms with Gasteiger partial charge in [-0.15, -0.1) is 0 Å². The van der Waals surface area contributed by atoms with Crippen LogP contribution in [-0.2, 0) is 13.1 Å². The molecule has 1 heterocycles. The number of aryl methyl sites for hydroxylation is 1. The van der Waals surface area contributed by atoms with Gasteiger partial charge >= 0.3 is 6.61 Å². The van der Waals surface area contributed by atoms with Crippen LogP contribution in [0.4, 0.5) is 8.78 Å². The highest BCUT2D eigenvalue weighted by Gasteiger charge is 2.10. The zero-order chi connectivity index (χ0) is 17.4. The van der Waals surface area contributed by atoms with Gasteiger partial charge in [0.25, 0.3) is 0 Å². The molecule has 24 heavy (non-hydrogen) atoms. The zero-order valence-corrected chi connectivity index (χ0v) is 13.7. The van der Waals surface area contributed by atoms with Crippen LogP contribution in [0.5, 0.6) is 5.75 Å². The molecule has 1 aromatic heterocycles. The maximum absolute atomic E-state index is 12.5. The number of nitrogens with zero attached hydrogens (tertiary/aromatic N) is 3. The Balaban J connectivity index is 1.89. The molecule has 0 amide bonds. The van der Waals surface area contributed by atoms with Crippen LogP contribution >= 0.6 is 0 Å². The van der Waals surface area contributed by atoms with Crippen molar-refractivity contribution in [1.29, 1.82) is 0 Å². The smallest absolute Gasteiger partial charge is 0.387 e. The summed E-state index contributed by atoms with van der Waals surface area (Å²) in [5.41, 5.74) is 1.62. The van der Waals surface area contributed by atoms with Crippen LogP contribution in [0.3, 0.4) is 0 Å². The zero-order valence-electron chi connectivity index (χ0n) is 13.7. The van der Waals surface area contributed by atoms with Crippen molar-refractivity contribution in [2.75, 3.05) is 13.6 Å². The van der Waals surface area contributed by atoms with Gasteiger partial charge in [-0.3, -0.25) is 4.99 Å². The lowest BCUT2D eigenvalue weighted by Gasteiger charge is -2.15. The van der Waals surface area contributed by atoms with Gasteiger partial charge in [0.05, 0.1) is 6.33 Å². The molecule has 0 radical (unpaired) electrons. The van der Waals surface area contributed by atoms with E-state index in [0.717, 1.165) is 12.1 Å². The SMILES string of the molecule is CN=C(NCCn1ccnc1)NCc1cc(C)ccc1OC(F)F. The molecule has 2 aromatic rings. The van der Waals surface area contributed by atoms with E-state index < -0.39 is 6.61 Å². The third-order valence-electron chi connectivity index (χ3n) is 3.32. The van der Waals surface area contributed by atoms with E-state index in [1.807, 2.05) is 23.8 Å². The predicted octanol–water partition coefficient (Wildman–Crippen LogP) is 2.16. The molecule has 2 rings (SSSR count). The van der Waals surface area contributed by atoms with E-state index in [9.17, 15) is 8.78 Å². The number of aliphatic imine (C=N–C) groups is 1. The molecule has 130 valence electrons. The van der Waals surface area contributed by atoms with Crippen molar-refractivity contribution in [2.24, 2.45) is 4.99 Å². The van der Waals surface area contributed by atoms with Gasteiger partial charge in [0.1, 0.15) is 5.75 Å². The number of benzene rings is 1. The third-order valence-corrected chi connectivity index (χ3v) is 3.32. The molecule has 0 aliphatic carbocycles. The summed E-state index contributed by atoms with van der Waals surface area (Å²) < 4.78 is 31.5. The maximum Gasteiger partial charge on any atom is 0.387 e. The van der Waals surface area contributed by atoms with Gasteiger partial charge in [0, 0.05) is 44.6 Å². The van der Waals surface area contributed by atoms with Crippen LogP contribution in [-0.4, -0.2) is 35.7 Å². The van der Waals surface area contributed by atoms with E-state index >= 15 is 0 Å². The highest BCUT2D eigenvalue weighted by molar-refractivity contribution is 5.79. The molecule has 0 spiro atoms. The second-order valence-corrected chi connectivity index (χ2v) is 5.14. The number of hydrogen-bond acceptors (Lipinski definition) is 3. The third kappa shape index (κ3) is 5.53. The fourth-order valence-corrected chi connectivity index (χ4v) is 2.18. The lowest BCUT2D eigenvalue weighted by molar-refractivity contribution is -0.0504. The summed E-state index contributed by atoms with van der Waals surface area (Å²) in [6.07, 6.45) is 5.33. The monoisotopic (exact) mass is 337 g/mol. The fourth-order valence-electron chi connectivity index (χ4n) is 2.18. The van der Waals surface area contributed by atoms with E-state index in [1.54, 1.807) is 31.7 Å². The van der Waals surface area contributed by atoms with Gasteiger partial charge in [-0.1, -0.05) is 17.7 Å². The number of ether oxygens (including phenoxy) is 1. The van der Waals surface area contributed by atoms with E-state index in [-0.39, 0.29) is 5.75 Å². The molecule has 0 unspecified atom stereocenters. The van der Waals surface area contributed by atoms with Crippen LogP contribution < -0.4 is 15.4 Å². The summed E-state index contributed by atoms with van der Waals surface area (Å²) in [5.74, 6) is 0.747. The Morgan fingerprint density at radius 1 is 1.38 bits per heavy atom. The van der Waals surface area contributed by atoms with Crippen LogP contribution in [0.15, 0.2) is 41.9 Å². The summed E-state index contributed by atoms with van der Waals surface area (Å²) in [7, 11) is 1.65. The normalized spacial score (nSPS) is 11.6. The molecule has 0 bridgehead atoms. The summed E-state index contributed by atoms with van der Waals surface area (Å²) in [4.78, 5) is 8.09. The first kappa shape index (κ1) is 17.7. The van der Waals surface area contributed by atoms with Crippen molar-refractivity contribution in [3.63, 3.8) is 0 Å². The average Bonchev–Trinajstić information content (AvgIpc) is 3.06. The molecule has 0 saturated heterocycles. The molecule has 0 aliphatic rings. The van der Waals surface area contributed by atoms with Crippen molar-refractivity contribution < 1.29 is 13.5 Å². The summed E-state index contributed by atoms with van der Waals surface area (Å²) >= 11 is 0. The van der Waals surface area contributed by atoms with Crippen molar-refractivity contribution in [2.45, 2.75) is 26.6 Å². The Hall–Kier alpha value is -2.64. The minimum absolute atomic E-state index is 0.164. The Kier molecular flexibility index (Phi) is 6.53. The number of aromatic nitrogens is 2. The first-order chi connectivity index (χ1) is 11.6. The molecule has 0 atom stereocenters. The van der Waals surface area contributed by atoms with Crippen molar-refractivity contribution in [3.8, 4) is 5.75 Å². The van der Waals surface area contributed by atoms with E-state index in [2.05, 4.69) is 25.3 Å². The molecule has 1 aromatic carbocycles. The number of alkyl halides is 2. The Labute approximate surface area is 139 Å². The summed E-state index contributed by atoms with van der Waals surface area (Å²) in [6.45, 7) is 0.774. The van der Waals surface area contributed by atoms with Crippen LogP contribution in [0.2, 0.25) is 0 Å². The number of rotatable bonds is 7. The Morgan fingerprint density at radius 3 is 2.88 bits per heavy atom. The second-order valence-electron chi connectivity index (χ2n) is 5.14. The molecule has 0 saturated carbocycles. The summed E-state index contributed by atoms with van der Waals surface area (Å²) in [6, 6.07) is 5.09. The predicted molar refractivity (Wildman–Crippen MR) is 88.2 cm³/mol. The van der Waals surface area contributed by atoms with E-state index in [0.29, 0.717) is 24.6 Å². The fraction of sp³-hybridized carbons (Fsp3) is 0.375. The van der Waals surface area contributed by atoms with Crippen molar-refractivity contribution >= 4 is 5.96 Å². The first-order valence-corrected chi connectivity index (χ1v) is 7.53. The Morgan fingerprint density at radius 2 is 2.21 bits per heavy atom. The van der Waals surface area contributed by atoms with Crippen LogP contribution in [0, 0.1) is 6.92 Å². The van der Waals surface area contributed by atoms with Gasteiger partial charge < -0.3 is 19.9 Å². The quantitative estimate of drug-likeness (QED) is 0.600. The highest BCUT2D eigenvalue weighted by Crippen LogP contribution is 2.21. The minimum atomic E-state index is -2.85. The first-order valence-electron chi connectivity index (χ1n) is 7.53. The van der Waals surface area contributed by atoms with E-state index in [4.69, 9.17) is 0 Å².